The fourth-order valence-electron chi connectivity index (χ4n) is 3.85. The number of likely N-dealkylation sites (tertiary alicyclic amines) is 1. The summed E-state index contributed by atoms with van der Waals surface area (Å²) in [7, 11) is 0. The van der Waals surface area contributed by atoms with Crippen LogP contribution in [-0.2, 0) is 17.9 Å². The van der Waals surface area contributed by atoms with E-state index in [1.54, 1.807) is 11.0 Å². The van der Waals surface area contributed by atoms with Gasteiger partial charge in [0.1, 0.15) is 5.60 Å². The lowest BCUT2D eigenvalue weighted by Crippen LogP contribution is -2.41. The highest BCUT2D eigenvalue weighted by Crippen LogP contribution is 2.27. The molecule has 1 aliphatic heterocycles. The molecule has 32 heavy (non-hydrogen) atoms. The largest absolute Gasteiger partial charge is 0.444 e. The van der Waals surface area contributed by atoms with Gasteiger partial charge in [-0.05, 0) is 51.3 Å². The Bertz CT molecular complexity index is 1120. The van der Waals surface area contributed by atoms with Crippen molar-refractivity contribution in [2.24, 2.45) is 0 Å². The van der Waals surface area contributed by atoms with Crippen LogP contribution in [0.15, 0.2) is 35.0 Å². The molecule has 2 aromatic heterocycles. The summed E-state index contributed by atoms with van der Waals surface area (Å²) in [4.78, 5) is 31.6. The molecule has 3 heterocycles. The number of aliphatic hydroxyl groups is 1. The van der Waals surface area contributed by atoms with E-state index in [9.17, 15) is 14.7 Å². The Morgan fingerprint density at radius 2 is 2.12 bits per heavy atom. The van der Waals surface area contributed by atoms with Crippen LogP contribution >= 0.6 is 0 Å². The van der Waals surface area contributed by atoms with E-state index in [1.165, 1.54) is 12.3 Å². The van der Waals surface area contributed by atoms with E-state index >= 15 is 0 Å². The van der Waals surface area contributed by atoms with Crippen LogP contribution in [-0.4, -0.2) is 54.9 Å². The predicted octanol–water partition coefficient (Wildman–Crippen LogP) is 3.17. The second-order valence-corrected chi connectivity index (χ2v) is 8.83. The van der Waals surface area contributed by atoms with E-state index in [1.807, 2.05) is 37.5 Å². The molecule has 10 heteroatoms. The summed E-state index contributed by atoms with van der Waals surface area (Å²) in [5.74, 6) is -0.0831. The van der Waals surface area contributed by atoms with Crippen LogP contribution in [0, 0.1) is 0 Å². The number of hydrogen-bond donors (Lipinski definition) is 2. The maximum absolute atomic E-state index is 12.7. The Morgan fingerprint density at radius 3 is 2.81 bits per heavy atom. The molecule has 0 radical (unpaired) electrons. The number of benzene rings is 1. The molecular weight excluding hydrogens is 414 g/mol. The van der Waals surface area contributed by atoms with Crippen molar-refractivity contribution in [2.75, 3.05) is 11.9 Å². The maximum Gasteiger partial charge on any atom is 0.410 e. The molecular formula is C22H27N5O5. The molecule has 1 aromatic carbocycles. The lowest BCUT2D eigenvalue weighted by Gasteiger charge is -2.29. The van der Waals surface area contributed by atoms with E-state index in [2.05, 4.69) is 15.5 Å². The zero-order valence-electron chi connectivity index (χ0n) is 18.4. The monoisotopic (exact) mass is 441 g/mol. The number of imidazole rings is 1. The van der Waals surface area contributed by atoms with Crippen LogP contribution in [0.1, 0.15) is 49.7 Å². The molecule has 0 saturated carbocycles. The van der Waals surface area contributed by atoms with Crippen LogP contribution in [0.25, 0.3) is 11.0 Å². The normalized spacial score (nSPS) is 16.5. The summed E-state index contributed by atoms with van der Waals surface area (Å²) < 4.78 is 12.4. The smallest absolute Gasteiger partial charge is 0.410 e. The van der Waals surface area contributed by atoms with Crippen LogP contribution in [0.5, 0.6) is 0 Å². The van der Waals surface area contributed by atoms with Crippen LogP contribution < -0.4 is 5.32 Å². The van der Waals surface area contributed by atoms with Gasteiger partial charge in [0.2, 0.25) is 11.7 Å². The molecule has 4 rings (SSSR count). The molecule has 2 N–H and O–H groups in total. The fourth-order valence-corrected chi connectivity index (χ4v) is 3.85. The first kappa shape index (κ1) is 21.8. The van der Waals surface area contributed by atoms with E-state index in [0.717, 1.165) is 18.4 Å². The number of fused-ring (bicyclic) bond motifs is 1. The average Bonchev–Trinajstić information content (AvgIpc) is 3.47. The molecule has 170 valence electrons. The Balaban J connectivity index is 1.65. The van der Waals surface area contributed by atoms with Crippen molar-refractivity contribution in [1.29, 1.82) is 0 Å². The second-order valence-electron chi connectivity index (χ2n) is 8.83. The maximum atomic E-state index is 12.7. The predicted molar refractivity (Wildman–Crippen MR) is 116 cm³/mol. The molecule has 1 atom stereocenters. The minimum atomic E-state index is -0.581. The molecule has 1 fully saturated rings. The molecule has 0 spiro atoms. The second kappa shape index (κ2) is 8.62. The van der Waals surface area contributed by atoms with E-state index in [-0.39, 0.29) is 24.5 Å². The highest BCUT2D eigenvalue weighted by atomic mass is 16.6. The van der Waals surface area contributed by atoms with Crippen molar-refractivity contribution in [3.05, 3.63) is 41.8 Å². The standard InChI is InChI=1S/C22H27N5O5/c1-22(2,3)31-21(30)26-10-4-5-15(26)12-27-17-7-6-14(13-28)11-16(17)24-20(27)25-19(29)18-8-9-23-32-18/h6-9,11,15,28H,4-5,10,12-13H2,1-3H3,(H,24,25,29)/t15-/m1/s1. The van der Waals surface area contributed by atoms with Gasteiger partial charge >= 0.3 is 6.09 Å². The molecule has 2 amide bonds. The van der Waals surface area contributed by atoms with Gasteiger partial charge in [-0.2, -0.15) is 0 Å². The number of amides is 2. The highest BCUT2D eigenvalue weighted by molar-refractivity contribution is 6.02. The van der Waals surface area contributed by atoms with Gasteiger partial charge in [-0.1, -0.05) is 11.2 Å². The number of rotatable bonds is 5. The lowest BCUT2D eigenvalue weighted by atomic mass is 10.2. The molecule has 1 saturated heterocycles. The summed E-state index contributed by atoms with van der Waals surface area (Å²) in [5.41, 5.74) is 1.55. The van der Waals surface area contributed by atoms with Gasteiger partial charge in [0.05, 0.1) is 29.9 Å². The first-order valence-corrected chi connectivity index (χ1v) is 10.6. The number of nitrogens with one attached hydrogen (secondary N) is 1. The zero-order valence-corrected chi connectivity index (χ0v) is 18.4. The Morgan fingerprint density at radius 1 is 1.31 bits per heavy atom. The Hall–Kier alpha value is -3.40. The van der Waals surface area contributed by atoms with E-state index < -0.39 is 11.5 Å². The number of carbonyl (C=O) groups is 2. The number of nitrogens with zero attached hydrogens (tertiary/aromatic N) is 4. The first-order valence-electron chi connectivity index (χ1n) is 10.6. The zero-order chi connectivity index (χ0) is 22.9. The first-order chi connectivity index (χ1) is 15.2. The van der Waals surface area contributed by atoms with Crippen molar-refractivity contribution in [1.82, 2.24) is 19.6 Å². The third-order valence-electron chi connectivity index (χ3n) is 5.28. The number of ether oxygens (including phenoxy) is 1. The Kier molecular flexibility index (Phi) is 5.88. The molecule has 10 nitrogen and oxygen atoms in total. The summed E-state index contributed by atoms with van der Waals surface area (Å²) in [5, 5.41) is 15.8. The summed E-state index contributed by atoms with van der Waals surface area (Å²) >= 11 is 0. The number of anilines is 1. The third-order valence-corrected chi connectivity index (χ3v) is 5.28. The van der Waals surface area contributed by atoms with Crippen molar-refractivity contribution >= 4 is 29.0 Å². The Labute approximate surface area is 185 Å². The minimum absolute atomic E-state index is 0.0656. The fraction of sp³-hybridized carbons (Fsp3) is 0.455. The van der Waals surface area contributed by atoms with Crippen molar-refractivity contribution in [2.45, 2.75) is 58.4 Å². The van der Waals surface area contributed by atoms with Crippen molar-refractivity contribution in [3.8, 4) is 0 Å². The van der Waals surface area contributed by atoms with Crippen LogP contribution in [0.2, 0.25) is 0 Å². The van der Waals surface area contributed by atoms with E-state index in [4.69, 9.17) is 9.26 Å². The quantitative estimate of drug-likeness (QED) is 0.623. The molecule has 0 bridgehead atoms. The highest BCUT2D eigenvalue weighted by Gasteiger charge is 2.33. The van der Waals surface area contributed by atoms with Crippen molar-refractivity contribution in [3.63, 3.8) is 0 Å². The average molecular weight is 441 g/mol. The van der Waals surface area contributed by atoms with Gasteiger partial charge < -0.3 is 23.8 Å². The minimum Gasteiger partial charge on any atom is -0.444 e. The summed E-state index contributed by atoms with van der Waals surface area (Å²) in [6.45, 7) is 6.46. The van der Waals surface area contributed by atoms with Gasteiger partial charge in [0.25, 0.3) is 5.91 Å². The number of aromatic nitrogens is 3. The number of aliphatic hydroxyl groups excluding tert-OH is 1. The van der Waals surface area contributed by atoms with Gasteiger partial charge in [-0.3, -0.25) is 10.1 Å². The van der Waals surface area contributed by atoms with Crippen molar-refractivity contribution < 1.29 is 24.0 Å². The number of carbonyl (C=O) groups excluding carboxylic acids is 2. The molecule has 0 aliphatic carbocycles. The van der Waals surface area contributed by atoms with Crippen LogP contribution in [0.3, 0.4) is 0 Å². The molecule has 3 aromatic rings. The van der Waals surface area contributed by atoms with Crippen LogP contribution in [0.4, 0.5) is 10.7 Å². The topological polar surface area (TPSA) is 123 Å². The third kappa shape index (κ3) is 4.59. The SMILES string of the molecule is CC(C)(C)OC(=O)N1CCC[C@@H]1Cn1c(NC(=O)c2ccno2)nc2cc(CO)ccc21. The lowest BCUT2D eigenvalue weighted by molar-refractivity contribution is 0.0215. The van der Waals surface area contributed by atoms with Gasteiger partial charge in [-0.15, -0.1) is 0 Å². The molecule has 0 unspecified atom stereocenters. The van der Waals surface area contributed by atoms with Gasteiger partial charge in [-0.25, -0.2) is 9.78 Å². The number of hydrogen-bond acceptors (Lipinski definition) is 7. The van der Waals surface area contributed by atoms with E-state index in [0.29, 0.717) is 30.1 Å². The molecule has 1 aliphatic rings. The van der Waals surface area contributed by atoms with Gasteiger partial charge in [0.15, 0.2) is 0 Å². The summed E-state index contributed by atoms with van der Waals surface area (Å²) in [6.07, 6.45) is 2.72. The van der Waals surface area contributed by atoms with Gasteiger partial charge in [0, 0.05) is 19.2 Å². The summed E-state index contributed by atoms with van der Waals surface area (Å²) in [6, 6.07) is 6.79.